The topological polar surface area (TPSA) is 43.8 Å². The smallest absolute Gasteiger partial charge is 0.0946 e. The number of rotatable bonds is 3. The number of fused-ring (bicyclic) bond motifs is 3. The highest BCUT2D eigenvalue weighted by molar-refractivity contribution is 5.76. The molecule has 1 aliphatic carbocycles. The first-order valence-corrected chi connectivity index (χ1v) is 7.24. The fourth-order valence-corrected chi connectivity index (χ4v) is 3.12. The van der Waals surface area contributed by atoms with Crippen molar-refractivity contribution in [3.8, 4) is 11.1 Å². The molecule has 1 aromatic heterocycles. The summed E-state index contributed by atoms with van der Waals surface area (Å²) in [5, 5.41) is 0. The highest BCUT2D eigenvalue weighted by Gasteiger charge is 2.19. The van der Waals surface area contributed by atoms with Gasteiger partial charge in [0.2, 0.25) is 0 Å². The van der Waals surface area contributed by atoms with E-state index in [0.717, 1.165) is 13.0 Å². The molecule has 0 saturated heterocycles. The number of nitrogens with two attached hydrogens (primary N) is 1. The van der Waals surface area contributed by atoms with Crippen LogP contribution < -0.4 is 5.73 Å². The van der Waals surface area contributed by atoms with Crippen molar-refractivity contribution >= 4 is 0 Å². The summed E-state index contributed by atoms with van der Waals surface area (Å²) in [6.45, 7) is 0.756. The van der Waals surface area contributed by atoms with Gasteiger partial charge in [-0.3, -0.25) is 0 Å². The van der Waals surface area contributed by atoms with E-state index in [4.69, 9.17) is 5.73 Å². The molecule has 0 saturated carbocycles. The van der Waals surface area contributed by atoms with E-state index in [1.807, 2.05) is 17.1 Å². The van der Waals surface area contributed by atoms with Crippen LogP contribution in [0.15, 0.2) is 61.2 Å². The van der Waals surface area contributed by atoms with Crippen LogP contribution in [-0.2, 0) is 13.0 Å². The minimum Gasteiger partial charge on any atom is -0.336 e. The largest absolute Gasteiger partial charge is 0.336 e. The van der Waals surface area contributed by atoms with Crippen LogP contribution in [0.1, 0.15) is 22.7 Å². The lowest BCUT2D eigenvalue weighted by molar-refractivity contribution is 0.576. The van der Waals surface area contributed by atoms with E-state index in [1.54, 1.807) is 6.20 Å². The maximum atomic E-state index is 6.34. The molecule has 2 aromatic carbocycles. The Hall–Kier alpha value is -2.39. The first-order chi connectivity index (χ1) is 10.3. The average molecular weight is 275 g/mol. The second-order valence-electron chi connectivity index (χ2n) is 5.62. The van der Waals surface area contributed by atoms with E-state index < -0.39 is 0 Å². The Morgan fingerprint density at radius 3 is 2.81 bits per heavy atom. The third-order valence-electron chi connectivity index (χ3n) is 4.21. The molecule has 1 aliphatic rings. The van der Waals surface area contributed by atoms with Gasteiger partial charge in [-0.05, 0) is 34.2 Å². The Labute approximate surface area is 124 Å². The van der Waals surface area contributed by atoms with Crippen LogP contribution in [0.25, 0.3) is 11.1 Å². The van der Waals surface area contributed by atoms with E-state index in [0.29, 0.717) is 0 Å². The average Bonchev–Trinajstić information content (AvgIpc) is 3.13. The van der Waals surface area contributed by atoms with Crippen molar-refractivity contribution in [2.45, 2.75) is 19.0 Å². The molecule has 0 amide bonds. The van der Waals surface area contributed by atoms with Gasteiger partial charge in [-0.25, -0.2) is 4.98 Å². The van der Waals surface area contributed by atoms with Gasteiger partial charge in [0.25, 0.3) is 0 Å². The van der Waals surface area contributed by atoms with Crippen molar-refractivity contribution in [2.24, 2.45) is 5.73 Å². The van der Waals surface area contributed by atoms with Crippen molar-refractivity contribution in [2.75, 3.05) is 0 Å². The standard InChI is InChI=1S/C18H17N3/c19-18(11-21-8-7-20-12-21)14-5-6-17-15(10-14)9-13-3-1-2-4-16(13)17/h1-8,10,12,18H,9,11,19H2. The van der Waals surface area contributed by atoms with Gasteiger partial charge < -0.3 is 10.3 Å². The zero-order valence-electron chi connectivity index (χ0n) is 11.7. The lowest BCUT2D eigenvalue weighted by Crippen LogP contribution is -2.17. The number of aromatic nitrogens is 2. The third-order valence-corrected chi connectivity index (χ3v) is 4.21. The molecule has 1 heterocycles. The summed E-state index contributed by atoms with van der Waals surface area (Å²) in [7, 11) is 0. The van der Waals surface area contributed by atoms with Gasteiger partial charge in [0.1, 0.15) is 0 Å². The van der Waals surface area contributed by atoms with Crippen LogP contribution in [0.5, 0.6) is 0 Å². The van der Waals surface area contributed by atoms with Gasteiger partial charge in [-0.1, -0.05) is 42.5 Å². The van der Waals surface area contributed by atoms with Crippen molar-refractivity contribution in [3.05, 3.63) is 77.9 Å². The SMILES string of the molecule is NC(Cn1ccnc1)c1ccc2c(c1)Cc1ccccc1-2. The molecule has 0 aliphatic heterocycles. The Morgan fingerprint density at radius 2 is 1.95 bits per heavy atom. The van der Waals surface area contributed by atoms with E-state index >= 15 is 0 Å². The molecule has 1 atom stereocenters. The molecule has 2 N–H and O–H groups in total. The van der Waals surface area contributed by atoms with Gasteiger partial charge in [0.05, 0.1) is 6.33 Å². The highest BCUT2D eigenvalue weighted by Crippen LogP contribution is 2.37. The molecule has 21 heavy (non-hydrogen) atoms. The van der Waals surface area contributed by atoms with Crippen LogP contribution in [0.3, 0.4) is 0 Å². The van der Waals surface area contributed by atoms with Gasteiger partial charge >= 0.3 is 0 Å². The molecule has 0 spiro atoms. The first-order valence-electron chi connectivity index (χ1n) is 7.24. The normalized spacial score (nSPS) is 13.8. The Morgan fingerprint density at radius 1 is 1.10 bits per heavy atom. The van der Waals surface area contributed by atoms with E-state index in [9.17, 15) is 0 Å². The van der Waals surface area contributed by atoms with E-state index in [2.05, 4.69) is 47.4 Å². The molecule has 0 radical (unpaired) electrons. The number of benzene rings is 2. The van der Waals surface area contributed by atoms with E-state index in [-0.39, 0.29) is 6.04 Å². The highest BCUT2D eigenvalue weighted by atomic mass is 15.0. The fraction of sp³-hybridized carbons (Fsp3) is 0.167. The Kier molecular flexibility index (Phi) is 2.86. The first kappa shape index (κ1) is 12.4. The predicted molar refractivity (Wildman–Crippen MR) is 83.8 cm³/mol. The molecule has 0 fully saturated rings. The second-order valence-corrected chi connectivity index (χ2v) is 5.62. The van der Waals surface area contributed by atoms with Crippen LogP contribution >= 0.6 is 0 Å². The summed E-state index contributed by atoms with van der Waals surface area (Å²) in [5.41, 5.74) is 13.0. The Balaban J connectivity index is 1.64. The molecular formula is C18H17N3. The van der Waals surface area contributed by atoms with Crippen LogP contribution in [0.4, 0.5) is 0 Å². The number of hydrogen-bond donors (Lipinski definition) is 1. The molecule has 3 aromatic rings. The summed E-state index contributed by atoms with van der Waals surface area (Å²) < 4.78 is 2.02. The van der Waals surface area contributed by atoms with Crippen LogP contribution in [-0.4, -0.2) is 9.55 Å². The third kappa shape index (κ3) is 2.16. The molecule has 104 valence electrons. The van der Waals surface area contributed by atoms with Gasteiger partial charge in [0, 0.05) is 25.0 Å². The van der Waals surface area contributed by atoms with Crippen LogP contribution in [0.2, 0.25) is 0 Å². The minimum atomic E-state index is -0.00628. The molecule has 0 bridgehead atoms. The maximum absolute atomic E-state index is 6.34. The zero-order chi connectivity index (χ0) is 14.2. The number of nitrogens with zero attached hydrogens (tertiary/aromatic N) is 2. The number of imidazole rings is 1. The molecular weight excluding hydrogens is 258 g/mol. The van der Waals surface area contributed by atoms with Crippen molar-refractivity contribution in [1.29, 1.82) is 0 Å². The minimum absolute atomic E-state index is 0.00628. The van der Waals surface area contributed by atoms with E-state index in [1.165, 1.54) is 27.8 Å². The summed E-state index contributed by atoms with van der Waals surface area (Å²) in [6.07, 6.45) is 6.55. The lowest BCUT2D eigenvalue weighted by atomic mass is 10.00. The number of hydrogen-bond acceptors (Lipinski definition) is 2. The monoisotopic (exact) mass is 275 g/mol. The van der Waals surface area contributed by atoms with Crippen molar-refractivity contribution in [1.82, 2.24) is 9.55 Å². The molecule has 4 rings (SSSR count). The Bertz CT molecular complexity index is 775. The zero-order valence-corrected chi connectivity index (χ0v) is 11.7. The summed E-state index contributed by atoms with van der Waals surface area (Å²) >= 11 is 0. The van der Waals surface area contributed by atoms with Gasteiger partial charge in [-0.2, -0.15) is 0 Å². The maximum Gasteiger partial charge on any atom is 0.0946 e. The van der Waals surface area contributed by atoms with Gasteiger partial charge in [-0.15, -0.1) is 0 Å². The molecule has 3 nitrogen and oxygen atoms in total. The molecule has 1 unspecified atom stereocenters. The quantitative estimate of drug-likeness (QED) is 0.624. The summed E-state index contributed by atoms with van der Waals surface area (Å²) in [6, 6.07) is 15.2. The second kappa shape index (κ2) is 4.86. The van der Waals surface area contributed by atoms with Crippen LogP contribution in [0, 0.1) is 0 Å². The van der Waals surface area contributed by atoms with Crippen molar-refractivity contribution in [3.63, 3.8) is 0 Å². The van der Waals surface area contributed by atoms with Crippen molar-refractivity contribution < 1.29 is 0 Å². The fourth-order valence-electron chi connectivity index (χ4n) is 3.12. The summed E-state index contributed by atoms with van der Waals surface area (Å²) in [4.78, 5) is 4.06. The summed E-state index contributed by atoms with van der Waals surface area (Å²) in [5.74, 6) is 0. The predicted octanol–water partition coefficient (Wildman–Crippen LogP) is 3.15. The lowest BCUT2D eigenvalue weighted by Gasteiger charge is -2.14. The molecule has 3 heteroatoms. The van der Waals surface area contributed by atoms with Gasteiger partial charge in [0.15, 0.2) is 0 Å².